The highest BCUT2D eigenvalue weighted by molar-refractivity contribution is 7.92. The van der Waals surface area contributed by atoms with Gasteiger partial charge in [0.2, 0.25) is 5.82 Å². The molecule has 5 aromatic rings. The Hall–Kier alpha value is -3.91. The molecule has 2 aromatic heterocycles. The number of hydrogen-bond acceptors (Lipinski definition) is 6. The number of furan rings is 1. The van der Waals surface area contributed by atoms with Crippen molar-refractivity contribution in [3.8, 4) is 23.0 Å². The monoisotopic (exact) mass is 445 g/mol. The van der Waals surface area contributed by atoms with E-state index in [-0.39, 0.29) is 10.8 Å². The van der Waals surface area contributed by atoms with E-state index in [0.29, 0.717) is 28.2 Å². The quantitative estimate of drug-likeness (QED) is 0.380. The molecule has 3 aromatic carbocycles. The number of aryl methyl sites for hydroxylation is 2. The Kier molecular flexibility index (Phi) is 4.79. The van der Waals surface area contributed by atoms with E-state index in [1.165, 1.54) is 6.07 Å². The highest BCUT2D eigenvalue weighted by Gasteiger charge is 2.22. The summed E-state index contributed by atoms with van der Waals surface area (Å²) in [5.41, 5.74) is 3.71. The Labute approximate surface area is 184 Å². The van der Waals surface area contributed by atoms with Gasteiger partial charge in [0.15, 0.2) is 5.76 Å². The molecule has 0 bridgehead atoms. The van der Waals surface area contributed by atoms with Crippen LogP contribution in [0.5, 0.6) is 0 Å². The second-order valence-corrected chi connectivity index (χ2v) is 9.16. The summed E-state index contributed by atoms with van der Waals surface area (Å²) in [7, 11) is -3.76. The molecule has 0 aliphatic rings. The van der Waals surface area contributed by atoms with Crippen molar-refractivity contribution in [3.05, 3.63) is 83.9 Å². The zero-order valence-corrected chi connectivity index (χ0v) is 18.2. The molecule has 0 unspecified atom stereocenters. The second-order valence-electron chi connectivity index (χ2n) is 7.47. The first-order chi connectivity index (χ1) is 15.4. The summed E-state index contributed by atoms with van der Waals surface area (Å²) in [5, 5.41) is 4.71. The zero-order valence-electron chi connectivity index (χ0n) is 17.4. The number of para-hydroxylation sites is 1. The fraction of sp³-hybridized carbons (Fsp3) is 0.0833. The van der Waals surface area contributed by atoms with Crippen molar-refractivity contribution >= 4 is 26.7 Å². The smallest absolute Gasteiger partial charge is 0.294 e. The minimum Gasteiger partial charge on any atom is -0.451 e. The summed E-state index contributed by atoms with van der Waals surface area (Å²) in [5.74, 6) is 1.10. The number of rotatable bonds is 5. The van der Waals surface area contributed by atoms with E-state index in [1.54, 1.807) is 36.4 Å². The van der Waals surface area contributed by atoms with Gasteiger partial charge in [-0.15, -0.1) is 0 Å². The van der Waals surface area contributed by atoms with Crippen LogP contribution in [0.3, 0.4) is 0 Å². The number of benzene rings is 3. The Balaban J connectivity index is 1.50. The average Bonchev–Trinajstić information content (AvgIpc) is 3.39. The number of hydrogen-bond donors (Lipinski definition) is 1. The van der Waals surface area contributed by atoms with Crippen molar-refractivity contribution in [1.82, 2.24) is 10.1 Å². The molecule has 0 amide bonds. The first kappa shape index (κ1) is 20.0. The Morgan fingerprint density at radius 3 is 2.41 bits per heavy atom. The van der Waals surface area contributed by atoms with Crippen LogP contribution < -0.4 is 4.72 Å². The molecule has 0 saturated heterocycles. The Bertz CT molecular complexity index is 1520. The fourth-order valence-corrected chi connectivity index (χ4v) is 4.51. The number of anilines is 1. The predicted octanol–water partition coefficient (Wildman–Crippen LogP) is 5.57. The fourth-order valence-electron chi connectivity index (χ4n) is 3.43. The van der Waals surface area contributed by atoms with Crippen molar-refractivity contribution in [2.75, 3.05) is 4.72 Å². The summed E-state index contributed by atoms with van der Waals surface area (Å²) >= 11 is 0. The van der Waals surface area contributed by atoms with Crippen LogP contribution in [0.25, 0.3) is 34.0 Å². The van der Waals surface area contributed by atoms with Gasteiger partial charge in [0, 0.05) is 22.2 Å². The third kappa shape index (κ3) is 3.65. The molecule has 5 rings (SSSR count). The van der Waals surface area contributed by atoms with Crippen LogP contribution in [0.1, 0.15) is 11.1 Å². The molecule has 32 heavy (non-hydrogen) atoms. The lowest BCUT2D eigenvalue weighted by Gasteiger charge is -2.07. The number of nitrogens with zero attached hydrogens (tertiary/aromatic N) is 2. The average molecular weight is 446 g/mol. The molecule has 2 heterocycles. The van der Waals surface area contributed by atoms with Gasteiger partial charge in [-0.1, -0.05) is 53.2 Å². The van der Waals surface area contributed by atoms with Crippen LogP contribution in [0.4, 0.5) is 5.69 Å². The van der Waals surface area contributed by atoms with Crippen LogP contribution in [0.2, 0.25) is 0 Å². The van der Waals surface area contributed by atoms with Crippen LogP contribution in [0, 0.1) is 13.8 Å². The van der Waals surface area contributed by atoms with E-state index in [9.17, 15) is 8.42 Å². The maximum absolute atomic E-state index is 12.8. The summed E-state index contributed by atoms with van der Waals surface area (Å²) in [6.45, 7) is 3.84. The van der Waals surface area contributed by atoms with Crippen LogP contribution in [0.15, 0.2) is 86.6 Å². The SMILES string of the molecule is Cc1ccc(-c2noc(-c3oc4ccc(S(=O)(=O)Nc5ccccc5)cc4c3C)n2)cc1. The summed E-state index contributed by atoms with van der Waals surface area (Å²) < 4.78 is 39.6. The molecule has 0 aliphatic heterocycles. The van der Waals surface area contributed by atoms with Crippen molar-refractivity contribution in [3.63, 3.8) is 0 Å². The van der Waals surface area contributed by atoms with Crippen LogP contribution in [-0.4, -0.2) is 18.6 Å². The standard InChI is InChI=1S/C24H19N3O4S/c1-15-8-10-17(11-9-15)23-25-24(31-26-23)22-16(2)20-14-19(12-13-21(20)30-22)32(28,29)27-18-6-4-3-5-7-18/h3-14,27H,1-2H3. The van der Waals surface area contributed by atoms with E-state index in [0.717, 1.165) is 16.7 Å². The molecule has 0 atom stereocenters. The third-order valence-corrected chi connectivity index (χ3v) is 6.55. The van der Waals surface area contributed by atoms with Gasteiger partial charge < -0.3 is 8.94 Å². The molecular formula is C24H19N3O4S. The molecule has 0 fully saturated rings. The molecule has 8 heteroatoms. The van der Waals surface area contributed by atoms with Crippen LogP contribution in [-0.2, 0) is 10.0 Å². The van der Waals surface area contributed by atoms with Gasteiger partial charge in [0.25, 0.3) is 15.9 Å². The molecule has 0 saturated carbocycles. The summed E-state index contributed by atoms with van der Waals surface area (Å²) in [4.78, 5) is 4.60. The number of fused-ring (bicyclic) bond motifs is 1. The minimum absolute atomic E-state index is 0.134. The normalized spacial score (nSPS) is 11.7. The maximum Gasteiger partial charge on any atom is 0.294 e. The van der Waals surface area contributed by atoms with Gasteiger partial charge in [0.05, 0.1) is 4.90 Å². The zero-order chi connectivity index (χ0) is 22.3. The third-order valence-electron chi connectivity index (χ3n) is 5.17. The topological polar surface area (TPSA) is 98.2 Å². The lowest BCUT2D eigenvalue weighted by Crippen LogP contribution is -2.12. The minimum atomic E-state index is -3.76. The molecule has 7 nitrogen and oxygen atoms in total. The Morgan fingerprint density at radius 2 is 1.66 bits per heavy atom. The van der Waals surface area contributed by atoms with Crippen molar-refractivity contribution < 1.29 is 17.4 Å². The molecular weight excluding hydrogens is 426 g/mol. The number of nitrogens with one attached hydrogen (secondary N) is 1. The molecule has 0 spiro atoms. The van der Waals surface area contributed by atoms with E-state index in [1.807, 2.05) is 44.2 Å². The summed E-state index contributed by atoms with van der Waals surface area (Å²) in [6.07, 6.45) is 0. The molecule has 0 aliphatic carbocycles. The van der Waals surface area contributed by atoms with Crippen molar-refractivity contribution in [2.24, 2.45) is 0 Å². The van der Waals surface area contributed by atoms with Crippen molar-refractivity contribution in [1.29, 1.82) is 0 Å². The van der Waals surface area contributed by atoms with Gasteiger partial charge >= 0.3 is 0 Å². The first-order valence-corrected chi connectivity index (χ1v) is 11.4. The Morgan fingerprint density at radius 1 is 0.906 bits per heavy atom. The first-order valence-electron chi connectivity index (χ1n) is 9.93. The highest BCUT2D eigenvalue weighted by Crippen LogP contribution is 2.34. The second kappa shape index (κ2) is 7.65. The van der Waals surface area contributed by atoms with E-state index >= 15 is 0 Å². The number of sulfonamides is 1. The highest BCUT2D eigenvalue weighted by atomic mass is 32.2. The predicted molar refractivity (Wildman–Crippen MR) is 122 cm³/mol. The number of aromatic nitrogens is 2. The summed E-state index contributed by atoms with van der Waals surface area (Å²) in [6, 6.07) is 21.3. The van der Waals surface area contributed by atoms with E-state index in [4.69, 9.17) is 8.94 Å². The van der Waals surface area contributed by atoms with E-state index in [2.05, 4.69) is 14.9 Å². The molecule has 0 radical (unpaired) electrons. The lowest BCUT2D eigenvalue weighted by atomic mass is 10.1. The van der Waals surface area contributed by atoms with Gasteiger partial charge in [0.1, 0.15) is 5.58 Å². The van der Waals surface area contributed by atoms with Gasteiger partial charge in [-0.05, 0) is 44.2 Å². The van der Waals surface area contributed by atoms with Gasteiger partial charge in [-0.3, -0.25) is 4.72 Å². The van der Waals surface area contributed by atoms with E-state index < -0.39 is 10.0 Å². The maximum atomic E-state index is 12.8. The molecule has 1 N–H and O–H groups in total. The van der Waals surface area contributed by atoms with Crippen molar-refractivity contribution in [2.45, 2.75) is 18.7 Å². The van der Waals surface area contributed by atoms with Gasteiger partial charge in [-0.25, -0.2) is 8.42 Å². The lowest BCUT2D eigenvalue weighted by molar-refractivity contribution is 0.419. The van der Waals surface area contributed by atoms with Gasteiger partial charge in [-0.2, -0.15) is 4.98 Å². The largest absolute Gasteiger partial charge is 0.451 e. The molecule has 160 valence electrons. The van der Waals surface area contributed by atoms with Crippen LogP contribution >= 0.6 is 0 Å².